The van der Waals surface area contributed by atoms with Crippen LogP contribution in [-0.2, 0) is 4.79 Å². The number of nitrogens with one attached hydrogen (secondary N) is 1. The third kappa shape index (κ3) is 3.09. The van der Waals surface area contributed by atoms with Crippen LogP contribution in [-0.4, -0.2) is 42.8 Å². The molecule has 0 aliphatic carbocycles. The lowest BCUT2D eigenvalue weighted by molar-refractivity contribution is -0.144. The van der Waals surface area contributed by atoms with Gasteiger partial charge in [-0.3, -0.25) is 9.69 Å². The first-order chi connectivity index (χ1) is 13.8. The number of carbonyl (C=O) groups excluding carboxylic acids is 1. The molecule has 2 aromatic carbocycles. The average Bonchev–Trinajstić information content (AvgIpc) is 2.68. The number of ether oxygens (including phenoxy) is 2. The minimum Gasteiger partial charge on any atom is -0.497 e. The van der Waals surface area contributed by atoms with Gasteiger partial charge in [0.2, 0.25) is 5.91 Å². The molecule has 0 radical (unpaired) electrons. The first-order valence-corrected chi connectivity index (χ1v) is 9.99. The molecule has 1 fully saturated rings. The molecule has 2 aliphatic heterocycles. The Morgan fingerprint density at radius 3 is 2.59 bits per heavy atom. The Hall–Kier alpha value is -2.51. The van der Waals surface area contributed by atoms with E-state index in [1.54, 1.807) is 38.2 Å². The second-order valence-corrected chi connectivity index (χ2v) is 8.33. The van der Waals surface area contributed by atoms with E-state index in [1.807, 2.05) is 42.2 Å². The normalized spacial score (nSPS) is 24.9. The summed E-state index contributed by atoms with van der Waals surface area (Å²) in [6.45, 7) is 1.90. The summed E-state index contributed by atoms with van der Waals surface area (Å²) in [6.07, 6.45) is 0. The van der Waals surface area contributed by atoms with Gasteiger partial charge in [0, 0.05) is 30.4 Å². The summed E-state index contributed by atoms with van der Waals surface area (Å²) >= 11 is 11.8. The Labute approximate surface area is 180 Å². The van der Waals surface area contributed by atoms with Crippen LogP contribution in [0.4, 0.5) is 5.69 Å². The van der Waals surface area contributed by atoms with Gasteiger partial charge in [-0.1, -0.05) is 11.6 Å². The standard InChI is InChI=1S/C21H22ClN3O3S/c1-21-17(19(26)24(2)3)18(15-11-14(27-4)9-10-16(15)28-21)23-20(29)25(21)13-7-5-12(22)6-8-13/h5-11,17-18H,1-4H3,(H,23,29). The second kappa shape index (κ2) is 7.07. The summed E-state index contributed by atoms with van der Waals surface area (Å²) in [6, 6.07) is 12.6. The van der Waals surface area contributed by atoms with E-state index in [0.717, 1.165) is 11.3 Å². The van der Waals surface area contributed by atoms with Crippen LogP contribution in [0, 0.1) is 5.92 Å². The van der Waals surface area contributed by atoms with E-state index in [4.69, 9.17) is 33.3 Å². The topological polar surface area (TPSA) is 54.0 Å². The number of hydrogen-bond acceptors (Lipinski definition) is 4. The maximum atomic E-state index is 13.3. The van der Waals surface area contributed by atoms with E-state index >= 15 is 0 Å². The molecule has 3 atom stereocenters. The quantitative estimate of drug-likeness (QED) is 0.749. The van der Waals surface area contributed by atoms with E-state index < -0.39 is 11.6 Å². The number of hydrogen-bond donors (Lipinski definition) is 1. The van der Waals surface area contributed by atoms with E-state index in [2.05, 4.69) is 5.32 Å². The summed E-state index contributed by atoms with van der Waals surface area (Å²) < 4.78 is 11.9. The van der Waals surface area contributed by atoms with E-state index in [1.165, 1.54) is 0 Å². The molecule has 1 amide bonds. The average molecular weight is 432 g/mol. The predicted molar refractivity (Wildman–Crippen MR) is 117 cm³/mol. The molecule has 2 bridgehead atoms. The number of anilines is 1. The minimum atomic E-state index is -1.02. The molecule has 2 aromatic rings. The summed E-state index contributed by atoms with van der Waals surface area (Å²) in [4.78, 5) is 16.7. The fraction of sp³-hybridized carbons (Fsp3) is 0.333. The van der Waals surface area contributed by atoms with Crippen molar-refractivity contribution in [3.8, 4) is 11.5 Å². The van der Waals surface area contributed by atoms with Crippen molar-refractivity contribution in [2.24, 2.45) is 5.92 Å². The lowest BCUT2D eigenvalue weighted by Gasteiger charge is -2.56. The number of nitrogens with zero attached hydrogens (tertiary/aromatic N) is 2. The molecule has 0 spiro atoms. The van der Waals surface area contributed by atoms with E-state index in [-0.39, 0.29) is 11.9 Å². The fourth-order valence-corrected chi connectivity index (χ4v) is 4.66. The van der Waals surface area contributed by atoms with Gasteiger partial charge in [-0.05, 0) is 61.6 Å². The zero-order valence-electron chi connectivity index (χ0n) is 16.6. The molecular weight excluding hydrogens is 410 g/mol. The van der Waals surface area contributed by atoms with Crippen molar-refractivity contribution in [2.75, 3.05) is 26.1 Å². The number of rotatable bonds is 3. The Balaban J connectivity index is 1.90. The predicted octanol–water partition coefficient (Wildman–Crippen LogP) is 3.60. The van der Waals surface area contributed by atoms with Crippen LogP contribution in [0.3, 0.4) is 0 Å². The highest BCUT2D eigenvalue weighted by Crippen LogP contribution is 2.50. The van der Waals surface area contributed by atoms with Gasteiger partial charge in [0.25, 0.3) is 0 Å². The largest absolute Gasteiger partial charge is 0.497 e. The van der Waals surface area contributed by atoms with Gasteiger partial charge in [0.1, 0.15) is 17.4 Å². The summed E-state index contributed by atoms with van der Waals surface area (Å²) in [5.74, 6) is 0.786. The monoisotopic (exact) mass is 431 g/mol. The molecule has 3 unspecified atom stereocenters. The van der Waals surface area contributed by atoms with Gasteiger partial charge in [-0.2, -0.15) is 0 Å². The maximum Gasteiger partial charge on any atom is 0.233 e. The van der Waals surface area contributed by atoms with Crippen LogP contribution in [0.15, 0.2) is 42.5 Å². The van der Waals surface area contributed by atoms with Crippen LogP contribution in [0.25, 0.3) is 0 Å². The van der Waals surface area contributed by atoms with Gasteiger partial charge >= 0.3 is 0 Å². The van der Waals surface area contributed by atoms with Crippen molar-refractivity contribution in [3.63, 3.8) is 0 Å². The Bertz CT molecular complexity index is 982. The van der Waals surface area contributed by atoms with Crippen molar-refractivity contribution in [1.82, 2.24) is 10.2 Å². The molecule has 0 saturated carbocycles. The molecule has 1 N–H and O–H groups in total. The second-order valence-electron chi connectivity index (χ2n) is 7.51. The number of amides is 1. The summed E-state index contributed by atoms with van der Waals surface area (Å²) in [5.41, 5.74) is 0.616. The Morgan fingerprint density at radius 2 is 1.97 bits per heavy atom. The number of halogens is 1. The van der Waals surface area contributed by atoms with Crippen molar-refractivity contribution >= 4 is 40.5 Å². The summed E-state index contributed by atoms with van der Waals surface area (Å²) in [7, 11) is 5.10. The summed E-state index contributed by atoms with van der Waals surface area (Å²) in [5, 5.41) is 4.47. The van der Waals surface area contributed by atoms with E-state index in [0.29, 0.717) is 21.6 Å². The highest BCUT2D eigenvalue weighted by Gasteiger charge is 2.59. The van der Waals surface area contributed by atoms with Crippen molar-refractivity contribution in [2.45, 2.75) is 18.7 Å². The highest BCUT2D eigenvalue weighted by atomic mass is 35.5. The minimum absolute atomic E-state index is 0.0556. The fourth-order valence-electron chi connectivity index (χ4n) is 4.12. The maximum absolute atomic E-state index is 13.3. The molecule has 0 aromatic heterocycles. The van der Waals surface area contributed by atoms with Crippen molar-refractivity contribution in [3.05, 3.63) is 53.1 Å². The molecule has 4 rings (SSSR count). The van der Waals surface area contributed by atoms with Crippen LogP contribution in [0.2, 0.25) is 5.02 Å². The van der Waals surface area contributed by atoms with E-state index in [9.17, 15) is 4.79 Å². The van der Waals surface area contributed by atoms with Crippen molar-refractivity contribution in [1.29, 1.82) is 0 Å². The molecule has 6 nitrogen and oxygen atoms in total. The number of thiocarbonyl (C=S) groups is 1. The van der Waals surface area contributed by atoms with Gasteiger partial charge in [-0.15, -0.1) is 0 Å². The third-order valence-electron chi connectivity index (χ3n) is 5.50. The molecule has 2 aliphatic rings. The number of benzene rings is 2. The zero-order chi connectivity index (χ0) is 20.9. The van der Waals surface area contributed by atoms with Gasteiger partial charge in [0.05, 0.1) is 13.2 Å². The smallest absolute Gasteiger partial charge is 0.233 e. The SMILES string of the molecule is COc1ccc2c(c1)C1NC(=S)N(c3ccc(Cl)cc3)C(C)(O2)C1C(=O)N(C)C. The third-order valence-corrected chi connectivity index (χ3v) is 6.05. The van der Waals surface area contributed by atoms with Crippen LogP contribution in [0.1, 0.15) is 18.5 Å². The van der Waals surface area contributed by atoms with Crippen LogP contribution < -0.4 is 19.7 Å². The lowest BCUT2D eigenvalue weighted by atomic mass is 9.78. The number of methoxy groups -OCH3 is 1. The molecule has 2 heterocycles. The molecule has 29 heavy (non-hydrogen) atoms. The number of carbonyl (C=O) groups is 1. The van der Waals surface area contributed by atoms with Gasteiger partial charge < -0.3 is 19.7 Å². The molecule has 1 saturated heterocycles. The zero-order valence-corrected chi connectivity index (χ0v) is 18.2. The van der Waals surface area contributed by atoms with Crippen molar-refractivity contribution < 1.29 is 14.3 Å². The van der Waals surface area contributed by atoms with Gasteiger partial charge in [0.15, 0.2) is 10.8 Å². The first kappa shape index (κ1) is 19.8. The Morgan fingerprint density at radius 1 is 1.28 bits per heavy atom. The first-order valence-electron chi connectivity index (χ1n) is 9.20. The van der Waals surface area contributed by atoms with Crippen LogP contribution >= 0.6 is 23.8 Å². The molecule has 152 valence electrons. The highest BCUT2D eigenvalue weighted by molar-refractivity contribution is 7.80. The Kier molecular flexibility index (Phi) is 4.83. The molecular formula is C21H22ClN3O3S. The van der Waals surface area contributed by atoms with Crippen LogP contribution in [0.5, 0.6) is 11.5 Å². The number of fused-ring (bicyclic) bond motifs is 4. The molecule has 8 heteroatoms. The lowest BCUT2D eigenvalue weighted by Crippen LogP contribution is -2.72. The van der Waals surface area contributed by atoms with Gasteiger partial charge in [-0.25, -0.2) is 0 Å².